The van der Waals surface area contributed by atoms with Gasteiger partial charge in [0.25, 0.3) is 0 Å². The Labute approximate surface area is 93.0 Å². The number of hydrogen-bond donors (Lipinski definition) is 1. The van der Waals surface area contributed by atoms with E-state index >= 15 is 0 Å². The number of aryl methyl sites for hydroxylation is 1. The SMILES string of the molecule is Cc1cc(F)cc(NC2=NCC(C)S2)c1. The predicted octanol–water partition coefficient (Wildman–Crippen LogP) is 3.04. The van der Waals surface area contributed by atoms with E-state index in [1.54, 1.807) is 11.8 Å². The smallest absolute Gasteiger partial charge is 0.161 e. The molecule has 0 aromatic heterocycles. The Bertz CT molecular complexity index is 383. The lowest BCUT2D eigenvalue weighted by Gasteiger charge is -2.06. The third-order valence-electron chi connectivity index (χ3n) is 2.10. The molecule has 0 saturated carbocycles. The van der Waals surface area contributed by atoms with Crippen LogP contribution in [0.15, 0.2) is 23.2 Å². The Morgan fingerprint density at radius 3 is 2.87 bits per heavy atom. The van der Waals surface area contributed by atoms with E-state index in [0.29, 0.717) is 5.25 Å². The highest BCUT2D eigenvalue weighted by Crippen LogP contribution is 2.22. The van der Waals surface area contributed by atoms with E-state index < -0.39 is 0 Å². The van der Waals surface area contributed by atoms with Crippen LogP contribution < -0.4 is 5.32 Å². The molecular weight excluding hydrogens is 211 g/mol. The van der Waals surface area contributed by atoms with Crippen LogP contribution in [0.1, 0.15) is 12.5 Å². The maximum absolute atomic E-state index is 13.1. The third kappa shape index (κ3) is 2.72. The maximum atomic E-state index is 13.1. The van der Waals surface area contributed by atoms with Crippen molar-refractivity contribution in [2.75, 3.05) is 11.9 Å². The summed E-state index contributed by atoms with van der Waals surface area (Å²) in [7, 11) is 0. The van der Waals surface area contributed by atoms with Crippen LogP contribution in [0, 0.1) is 12.7 Å². The Hall–Kier alpha value is -1.03. The number of anilines is 1. The molecular formula is C11H13FN2S. The van der Waals surface area contributed by atoms with Gasteiger partial charge in [-0.05, 0) is 30.7 Å². The van der Waals surface area contributed by atoms with Gasteiger partial charge < -0.3 is 5.32 Å². The van der Waals surface area contributed by atoms with Gasteiger partial charge in [0.15, 0.2) is 5.17 Å². The molecule has 0 amide bonds. The Morgan fingerprint density at radius 2 is 2.27 bits per heavy atom. The van der Waals surface area contributed by atoms with Gasteiger partial charge in [0.2, 0.25) is 0 Å². The fourth-order valence-electron chi connectivity index (χ4n) is 1.48. The first-order valence-electron chi connectivity index (χ1n) is 4.89. The number of benzene rings is 1. The highest BCUT2D eigenvalue weighted by Gasteiger charge is 2.14. The Morgan fingerprint density at radius 1 is 1.47 bits per heavy atom. The largest absolute Gasteiger partial charge is 0.335 e. The number of nitrogens with zero attached hydrogens (tertiary/aromatic N) is 1. The molecule has 0 fully saturated rings. The maximum Gasteiger partial charge on any atom is 0.161 e. The Balaban J connectivity index is 2.11. The summed E-state index contributed by atoms with van der Waals surface area (Å²) in [5.41, 5.74) is 1.68. The molecule has 4 heteroatoms. The average molecular weight is 224 g/mol. The van der Waals surface area contributed by atoms with Crippen LogP contribution in [-0.4, -0.2) is 17.0 Å². The molecule has 1 N–H and O–H groups in total. The van der Waals surface area contributed by atoms with E-state index in [4.69, 9.17) is 0 Å². The molecule has 0 aliphatic carbocycles. The van der Waals surface area contributed by atoms with E-state index in [1.807, 2.05) is 13.0 Å². The number of hydrogen-bond acceptors (Lipinski definition) is 3. The Kier molecular flexibility index (Phi) is 2.95. The van der Waals surface area contributed by atoms with Crippen molar-refractivity contribution in [1.82, 2.24) is 0 Å². The summed E-state index contributed by atoms with van der Waals surface area (Å²) in [5.74, 6) is -0.214. The lowest BCUT2D eigenvalue weighted by atomic mass is 10.2. The summed E-state index contributed by atoms with van der Waals surface area (Å²) in [5, 5.41) is 4.52. The zero-order valence-electron chi connectivity index (χ0n) is 8.75. The minimum Gasteiger partial charge on any atom is -0.335 e. The van der Waals surface area contributed by atoms with Crippen molar-refractivity contribution >= 4 is 22.6 Å². The third-order valence-corrected chi connectivity index (χ3v) is 3.10. The zero-order chi connectivity index (χ0) is 10.8. The van der Waals surface area contributed by atoms with E-state index in [0.717, 1.165) is 23.0 Å². The van der Waals surface area contributed by atoms with Crippen LogP contribution in [0.2, 0.25) is 0 Å². The van der Waals surface area contributed by atoms with Gasteiger partial charge in [0, 0.05) is 10.9 Å². The fourth-order valence-corrected chi connectivity index (χ4v) is 2.33. The van der Waals surface area contributed by atoms with Crippen molar-refractivity contribution in [2.24, 2.45) is 4.99 Å². The van der Waals surface area contributed by atoms with E-state index in [2.05, 4.69) is 17.2 Å². The number of halogens is 1. The van der Waals surface area contributed by atoms with Gasteiger partial charge in [0.05, 0.1) is 6.54 Å². The van der Waals surface area contributed by atoms with Crippen molar-refractivity contribution in [3.8, 4) is 0 Å². The molecule has 1 atom stereocenters. The summed E-state index contributed by atoms with van der Waals surface area (Å²) in [4.78, 5) is 4.32. The number of rotatable bonds is 1. The molecule has 0 radical (unpaired) electrons. The molecule has 1 aliphatic heterocycles. The summed E-state index contributed by atoms with van der Waals surface area (Å²) in [6.07, 6.45) is 0. The molecule has 2 nitrogen and oxygen atoms in total. The molecule has 15 heavy (non-hydrogen) atoms. The van der Waals surface area contributed by atoms with Gasteiger partial charge in [-0.3, -0.25) is 4.99 Å². The van der Waals surface area contributed by atoms with Crippen LogP contribution in [0.25, 0.3) is 0 Å². The first kappa shape index (κ1) is 10.5. The molecule has 1 aromatic rings. The summed E-state index contributed by atoms with van der Waals surface area (Å²) >= 11 is 1.69. The van der Waals surface area contributed by atoms with Gasteiger partial charge in [0.1, 0.15) is 5.82 Å². The van der Waals surface area contributed by atoms with Crippen molar-refractivity contribution in [3.05, 3.63) is 29.6 Å². The molecule has 1 aliphatic rings. The first-order chi connectivity index (χ1) is 7.13. The minimum absolute atomic E-state index is 0.214. The van der Waals surface area contributed by atoms with Crippen molar-refractivity contribution in [2.45, 2.75) is 19.1 Å². The second kappa shape index (κ2) is 4.23. The molecule has 1 heterocycles. The van der Waals surface area contributed by atoms with Crippen molar-refractivity contribution in [3.63, 3.8) is 0 Å². The lowest BCUT2D eigenvalue weighted by Crippen LogP contribution is -2.06. The highest BCUT2D eigenvalue weighted by molar-refractivity contribution is 8.15. The second-order valence-electron chi connectivity index (χ2n) is 3.72. The number of thioether (sulfide) groups is 1. The van der Waals surface area contributed by atoms with Gasteiger partial charge >= 0.3 is 0 Å². The predicted molar refractivity (Wildman–Crippen MR) is 64.1 cm³/mol. The molecule has 1 unspecified atom stereocenters. The summed E-state index contributed by atoms with van der Waals surface area (Å²) in [6.45, 7) is 4.83. The number of amidine groups is 1. The average Bonchev–Trinajstić information content (AvgIpc) is 2.49. The molecule has 0 saturated heterocycles. The summed E-state index contributed by atoms with van der Waals surface area (Å²) in [6, 6.07) is 4.91. The first-order valence-corrected chi connectivity index (χ1v) is 5.77. The highest BCUT2D eigenvalue weighted by atomic mass is 32.2. The molecule has 1 aromatic carbocycles. The van der Waals surface area contributed by atoms with E-state index in [-0.39, 0.29) is 5.82 Å². The van der Waals surface area contributed by atoms with Gasteiger partial charge in [-0.1, -0.05) is 18.7 Å². The van der Waals surface area contributed by atoms with Crippen LogP contribution in [-0.2, 0) is 0 Å². The normalized spacial score (nSPS) is 20.2. The monoisotopic (exact) mass is 224 g/mol. The van der Waals surface area contributed by atoms with Crippen LogP contribution in [0.3, 0.4) is 0 Å². The molecule has 2 rings (SSSR count). The molecule has 80 valence electrons. The fraction of sp³-hybridized carbons (Fsp3) is 0.364. The standard InChI is InChI=1S/C11H13FN2S/c1-7-3-9(12)5-10(4-7)14-11-13-6-8(2)15-11/h3-5,8H,6H2,1-2H3,(H,13,14). The van der Waals surface area contributed by atoms with Crippen LogP contribution in [0.4, 0.5) is 10.1 Å². The number of nitrogens with one attached hydrogen (secondary N) is 1. The quantitative estimate of drug-likeness (QED) is 0.793. The van der Waals surface area contributed by atoms with Gasteiger partial charge in [-0.2, -0.15) is 0 Å². The van der Waals surface area contributed by atoms with E-state index in [9.17, 15) is 4.39 Å². The van der Waals surface area contributed by atoms with E-state index in [1.165, 1.54) is 12.1 Å². The summed E-state index contributed by atoms with van der Waals surface area (Å²) < 4.78 is 13.1. The topological polar surface area (TPSA) is 24.4 Å². The molecule has 0 bridgehead atoms. The van der Waals surface area contributed by atoms with Crippen LogP contribution >= 0.6 is 11.8 Å². The molecule has 0 spiro atoms. The zero-order valence-corrected chi connectivity index (χ0v) is 9.57. The number of aliphatic imine (C=N–C) groups is 1. The van der Waals surface area contributed by atoms with Gasteiger partial charge in [-0.15, -0.1) is 0 Å². The minimum atomic E-state index is -0.214. The van der Waals surface area contributed by atoms with Crippen LogP contribution in [0.5, 0.6) is 0 Å². The van der Waals surface area contributed by atoms with Gasteiger partial charge in [-0.25, -0.2) is 4.39 Å². The van der Waals surface area contributed by atoms with Crippen molar-refractivity contribution in [1.29, 1.82) is 0 Å². The van der Waals surface area contributed by atoms with Crippen molar-refractivity contribution < 1.29 is 4.39 Å². The lowest BCUT2D eigenvalue weighted by molar-refractivity contribution is 0.627. The second-order valence-corrected chi connectivity index (χ2v) is 5.14.